The van der Waals surface area contributed by atoms with E-state index >= 15 is 0 Å². The highest BCUT2D eigenvalue weighted by molar-refractivity contribution is 5.76. The van der Waals surface area contributed by atoms with Crippen LogP contribution in [0, 0.1) is 5.92 Å². The molecule has 0 radical (unpaired) electrons. The standard InChI is InChI=1S/C12H25N3O/c1-10(2)8-15-12(16)5-7-14-11-4-3-6-13-9-11/h10-11,13-14H,3-9H2,1-2H3,(H,15,16). The van der Waals surface area contributed by atoms with Crippen LogP contribution in [0.5, 0.6) is 0 Å². The quantitative estimate of drug-likeness (QED) is 0.619. The van der Waals surface area contributed by atoms with E-state index in [1.165, 1.54) is 12.8 Å². The summed E-state index contributed by atoms with van der Waals surface area (Å²) >= 11 is 0. The molecule has 0 aliphatic carbocycles. The average molecular weight is 227 g/mol. The summed E-state index contributed by atoms with van der Waals surface area (Å²) in [6.07, 6.45) is 3.04. The second-order valence-electron chi connectivity index (χ2n) is 4.95. The van der Waals surface area contributed by atoms with Gasteiger partial charge in [0.15, 0.2) is 0 Å². The molecule has 1 atom stereocenters. The van der Waals surface area contributed by atoms with Crippen molar-refractivity contribution in [1.82, 2.24) is 16.0 Å². The lowest BCUT2D eigenvalue weighted by Gasteiger charge is -2.23. The van der Waals surface area contributed by atoms with Crippen LogP contribution in [0.1, 0.15) is 33.1 Å². The normalized spacial score (nSPS) is 21.1. The third-order valence-corrected chi connectivity index (χ3v) is 2.79. The van der Waals surface area contributed by atoms with Crippen LogP contribution in [0.15, 0.2) is 0 Å². The van der Waals surface area contributed by atoms with E-state index in [1.54, 1.807) is 0 Å². The number of amides is 1. The number of rotatable bonds is 6. The Bertz CT molecular complexity index is 200. The first kappa shape index (κ1) is 13.5. The molecule has 3 N–H and O–H groups in total. The summed E-state index contributed by atoms with van der Waals surface area (Å²) in [5, 5.41) is 9.69. The van der Waals surface area contributed by atoms with Crippen molar-refractivity contribution >= 4 is 5.91 Å². The molecule has 0 aromatic heterocycles. The molecule has 0 aromatic carbocycles. The van der Waals surface area contributed by atoms with Crippen LogP contribution in [0.4, 0.5) is 0 Å². The van der Waals surface area contributed by atoms with E-state index in [0.717, 1.165) is 26.2 Å². The highest BCUT2D eigenvalue weighted by Gasteiger charge is 2.12. The smallest absolute Gasteiger partial charge is 0.221 e. The predicted octanol–water partition coefficient (Wildman–Crippen LogP) is 0.490. The minimum atomic E-state index is 0.157. The molecular formula is C12H25N3O. The SMILES string of the molecule is CC(C)CNC(=O)CCNC1CCCNC1. The number of nitrogens with one attached hydrogen (secondary N) is 3. The van der Waals surface area contributed by atoms with E-state index in [4.69, 9.17) is 0 Å². The van der Waals surface area contributed by atoms with Crippen molar-refractivity contribution in [2.45, 2.75) is 39.2 Å². The van der Waals surface area contributed by atoms with Gasteiger partial charge in [-0.05, 0) is 25.3 Å². The highest BCUT2D eigenvalue weighted by Crippen LogP contribution is 2.00. The van der Waals surface area contributed by atoms with Crippen molar-refractivity contribution < 1.29 is 4.79 Å². The summed E-state index contributed by atoms with van der Waals surface area (Å²) in [5.74, 6) is 0.685. The number of carbonyl (C=O) groups excluding carboxylic acids is 1. The minimum absolute atomic E-state index is 0.157. The Labute approximate surface area is 98.6 Å². The van der Waals surface area contributed by atoms with Crippen molar-refractivity contribution in [3.05, 3.63) is 0 Å². The Morgan fingerprint density at radius 1 is 1.50 bits per heavy atom. The monoisotopic (exact) mass is 227 g/mol. The van der Waals surface area contributed by atoms with Crippen molar-refractivity contribution in [3.63, 3.8) is 0 Å². The van der Waals surface area contributed by atoms with Crippen molar-refractivity contribution in [1.29, 1.82) is 0 Å². The van der Waals surface area contributed by atoms with E-state index in [9.17, 15) is 4.79 Å². The van der Waals surface area contributed by atoms with Crippen LogP contribution in [0.3, 0.4) is 0 Å². The molecule has 1 heterocycles. The molecule has 0 aromatic rings. The third kappa shape index (κ3) is 6.08. The lowest BCUT2D eigenvalue weighted by atomic mass is 10.1. The van der Waals surface area contributed by atoms with Crippen LogP contribution < -0.4 is 16.0 Å². The van der Waals surface area contributed by atoms with Gasteiger partial charge in [-0.3, -0.25) is 4.79 Å². The molecule has 1 aliphatic rings. The Morgan fingerprint density at radius 2 is 2.31 bits per heavy atom. The molecular weight excluding hydrogens is 202 g/mol. The fraction of sp³-hybridized carbons (Fsp3) is 0.917. The Kier molecular flexibility index (Phi) is 6.42. The molecule has 0 bridgehead atoms. The molecule has 16 heavy (non-hydrogen) atoms. The van der Waals surface area contributed by atoms with Crippen molar-refractivity contribution in [2.75, 3.05) is 26.2 Å². The Hall–Kier alpha value is -0.610. The molecule has 0 spiro atoms. The van der Waals surface area contributed by atoms with Gasteiger partial charge in [0.25, 0.3) is 0 Å². The molecule has 1 unspecified atom stereocenters. The van der Waals surface area contributed by atoms with Crippen LogP contribution in [0.2, 0.25) is 0 Å². The predicted molar refractivity (Wildman–Crippen MR) is 66.4 cm³/mol. The molecule has 0 saturated carbocycles. The van der Waals surface area contributed by atoms with Gasteiger partial charge in [0.1, 0.15) is 0 Å². The van der Waals surface area contributed by atoms with Gasteiger partial charge in [-0.25, -0.2) is 0 Å². The van der Waals surface area contributed by atoms with Gasteiger partial charge in [-0.2, -0.15) is 0 Å². The number of carbonyl (C=O) groups is 1. The maximum absolute atomic E-state index is 11.4. The van der Waals surface area contributed by atoms with E-state index in [2.05, 4.69) is 29.8 Å². The molecule has 1 fully saturated rings. The van der Waals surface area contributed by atoms with Crippen LogP contribution >= 0.6 is 0 Å². The lowest BCUT2D eigenvalue weighted by molar-refractivity contribution is -0.121. The second kappa shape index (κ2) is 7.63. The fourth-order valence-corrected chi connectivity index (χ4v) is 1.82. The van der Waals surface area contributed by atoms with Gasteiger partial charge in [0.2, 0.25) is 5.91 Å². The zero-order chi connectivity index (χ0) is 11.8. The summed E-state index contributed by atoms with van der Waals surface area (Å²) < 4.78 is 0. The van der Waals surface area contributed by atoms with Gasteiger partial charge >= 0.3 is 0 Å². The fourth-order valence-electron chi connectivity index (χ4n) is 1.82. The summed E-state index contributed by atoms with van der Waals surface area (Å²) in [5.41, 5.74) is 0. The first-order valence-electron chi connectivity index (χ1n) is 6.39. The third-order valence-electron chi connectivity index (χ3n) is 2.79. The first-order valence-corrected chi connectivity index (χ1v) is 6.39. The molecule has 1 aliphatic heterocycles. The van der Waals surface area contributed by atoms with Crippen LogP contribution in [-0.2, 0) is 4.79 Å². The van der Waals surface area contributed by atoms with E-state index in [-0.39, 0.29) is 5.91 Å². The number of hydrogen-bond acceptors (Lipinski definition) is 3. The van der Waals surface area contributed by atoms with E-state index in [1.807, 2.05) is 0 Å². The first-order chi connectivity index (χ1) is 7.68. The van der Waals surface area contributed by atoms with Gasteiger partial charge < -0.3 is 16.0 Å². The molecule has 94 valence electrons. The second-order valence-corrected chi connectivity index (χ2v) is 4.95. The summed E-state index contributed by atoms with van der Waals surface area (Å²) in [6, 6.07) is 0.548. The van der Waals surface area contributed by atoms with Crippen LogP contribution in [-0.4, -0.2) is 38.1 Å². The van der Waals surface area contributed by atoms with Crippen molar-refractivity contribution in [2.24, 2.45) is 5.92 Å². The van der Waals surface area contributed by atoms with Gasteiger partial charge in [-0.1, -0.05) is 13.8 Å². The van der Waals surface area contributed by atoms with Gasteiger partial charge in [-0.15, -0.1) is 0 Å². The topological polar surface area (TPSA) is 53.2 Å². The van der Waals surface area contributed by atoms with Gasteiger partial charge in [0.05, 0.1) is 0 Å². The number of hydrogen-bond donors (Lipinski definition) is 3. The average Bonchev–Trinajstić information content (AvgIpc) is 2.28. The van der Waals surface area contributed by atoms with Crippen molar-refractivity contribution in [3.8, 4) is 0 Å². The molecule has 1 rings (SSSR count). The highest BCUT2D eigenvalue weighted by atomic mass is 16.1. The minimum Gasteiger partial charge on any atom is -0.356 e. The maximum atomic E-state index is 11.4. The largest absolute Gasteiger partial charge is 0.356 e. The van der Waals surface area contributed by atoms with E-state index in [0.29, 0.717) is 18.4 Å². The summed E-state index contributed by atoms with van der Waals surface area (Å²) in [4.78, 5) is 11.4. The molecule has 4 heteroatoms. The zero-order valence-electron chi connectivity index (χ0n) is 10.5. The van der Waals surface area contributed by atoms with Crippen LogP contribution in [0.25, 0.3) is 0 Å². The molecule has 4 nitrogen and oxygen atoms in total. The summed E-state index contributed by atoms with van der Waals surface area (Å²) in [7, 11) is 0. The van der Waals surface area contributed by atoms with Gasteiger partial charge in [0, 0.05) is 32.1 Å². The van der Waals surface area contributed by atoms with E-state index < -0.39 is 0 Å². The molecule has 1 saturated heterocycles. The Morgan fingerprint density at radius 3 is 2.94 bits per heavy atom. The number of piperidine rings is 1. The molecule has 1 amide bonds. The summed E-state index contributed by atoms with van der Waals surface area (Å²) in [6.45, 7) is 7.94. The zero-order valence-corrected chi connectivity index (χ0v) is 10.5. The maximum Gasteiger partial charge on any atom is 0.221 e. The Balaban J connectivity index is 1.99. The lowest BCUT2D eigenvalue weighted by Crippen LogP contribution is -2.44.